The molecule has 1 heteroatoms. The summed E-state index contributed by atoms with van der Waals surface area (Å²) in [6, 6.07) is 12.0. The van der Waals surface area contributed by atoms with Crippen LogP contribution < -0.4 is 0 Å². The Bertz CT molecular complexity index is 573. The maximum absolute atomic E-state index is 10.1. The van der Waals surface area contributed by atoms with Crippen molar-refractivity contribution in [2.24, 2.45) is 11.3 Å². The molecule has 2 rings (SSSR count). The van der Waals surface area contributed by atoms with Gasteiger partial charge in [0.2, 0.25) is 0 Å². The van der Waals surface area contributed by atoms with Crippen molar-refractivity contribution in [3.63, 3.8) is 0 Å². The minimum Gasteiger partial charge on any atom is -0.198 e. The molecule has 0 heterocycles. The van der Waals surface area contributed by atoms with Crippen LogP contribution in [0.3, 0.4) is 0 Å². The Hall–Kier alpha value is -1.29. The second kappa shape index (κ2) is 13.8. The zero-order chi connectivity index (χ0) is 20.8. The van der Waals surface area contributed by atoms with Crippen molar-refractivity contribution in [3.8, 4) is 6.07 Å². The molecule has 0 aromatic heterocycles. The zero-order valence-electron chi connectivity index (χ0n) is 19.4. The van der Waals surface area contributed by atoms with Gasteiger partial charge < -0.3 is 0 Å². The van der Waals surface area contributed by atoms with E-state index in [-0.39, 0.29) is 11.3 Å². The lowest BCUT2D eigenvalue weighted by atomic mass is 9.62. The third kappa shape index (κ3) is 8.16. The van der Waals surface area contributed by atoms with Gasteiger partial charge in [-0.1, -0.05) is 109 Å². The first-order chi connectivity index (χ1) is 14.2. The lowest BCUT2D eigenvalue weighted by Crippen LogP contribution is -2.33. The predicted octanol–water partition coefficient (Wildman–Crippen LogP) is 8.80. The predicted molar refractivity (Wildman–Crippen MR) is 126 cm³/mol. The Morgan fingerprint density at radius 2 is 1.38 bits per heavy atom. The molecule has 1 aromatic carbocycles. The van der Waals surface area contributed by atoms with Gasteiger partial charge in [-0.15, -0.1) is 0 Å². The van der Waals surface area contributed by atoms with E-state index in [0.717, 1.165) is 6.42 Å². The van der Waals surface area contributed by atoms with E-state index in [1.165, 1.54) is 114 Å². The largest absolute Gasteiger partial charge is 0.198 e. The molecule has 0 saturated heterocycles. The zero-order valence-corrected chi connectivity index (χ0v) is 19.4. The molecule has 0 aliphatic heterocycles. The van der Waals surface area contributed by atoms with Gasteiger partial charge in [0.1, 0.15) is 0 Å². The van der Waals surface area contributed by atoms with E-state index in [1.807, 2.05) is 0 Å². The molecule has 162 valence electrons. The van der Waals surface area contributed by atoms with Crippen LogP contribution in [0.4, 0.5) is 0 Å². The monoisotopic (exact) mass is 395 g/mol. The van der Waals surface area contributed by atoms with Crippen LogP contribution in [0.2, 0.25) is 0 Å². The summed E-state index contributed by atoms with van der Waals surface area (Å²) in [4.78, 5) is 0. The molecular weight excluding hydrogens is 350 g/mol. The highest BCUT2D eigenvalue weighted by atomic mass is 14.4. The normalized spacial score (nSPS) is 17.0. The van der Waals surface area contributed by atoms with E-state index in [1.54, 1.807) is 0 Å². The van der Waals surface area contributed by atoms with E-state index < -0.39 is 0 Å². The highest BCUT2D eigenvalue weighted by molar-refractivity contribution is 5.24. The Kier molecular flexibility index (Phi) is 11.5. The van der Waals surface area contributed by atoms with Crippen LogP contribution in [-0.2, 0) is 12.8 Å². The minimum absolute atomic E-state index is 0.185. The standard InChI is InChI=1S/C28H45N/c1-3-5-7-9-12-20-28(21-13-10-14-22-28)27(24-29)23-26-18-16-25(17-19-26)15-11-8-6-4-2/h16-19,27H,3-15,20-23H2,1-2H3. The number of hydrogen-bond acceptors (Lipinski definition) is 1. The van der Waals surface area contributed by atoms with Crippen molar-refractivity contribution >= 4 is 0 Å². The maximum atomic E-state index is 10.1. The highest BCUT2D eigenvalue weighted by Crippen LogP contribution is 2.47. The summed E-state index contributed by atoms with van der Waals surface area (Å²) in [7, 11) is 0. The number of aryl methyl sites for hydroxylation is 1. The first kappa shape index (κ1) is 24.0. The molecule has 0 bridgehead atoms. The molecule has 0 N–H and O–H groups in total. The smallest absolute Gasteiger partial charge is 0.0665 e. The summed E-state index contributed by atoms with van der Waals surface area (Å²) in [5, 5.41) is 10.1. The van der Waals surface area contributed by atoms with E-state index >= 15 is 0 Å². The summed E-state index contributed by atoms with van der Waals surface area (Å²) < 4.78 is 0. The van der Waals surface area contributed by atoms with Gasteiger partial charge >= 0.3 is 0 Å². The average molecular weight is 396 g/mol. The van der Waals surface area contributed by atoms with E-state index in [9.17, 15) is 5.26 Å². The Balaban J connectivity index is 1.94. The number of nitriles is 1. The van der Waals surface area contributed by atoms with E-state index in [0.29, 0.717) is 0 Å². The fourth-order valence-electron chi connectivity index (χ4n) is 5.34. The topological polar surface area (TPSA) is 23.8 Å². The number of hydrogen-bond donors (Lipinski definition) is 0. The van der Waals surface area contributed by atoms with Crippen molar-refractivity contribution in [1.82, 2.24) is 0 Å². The molecule has 0 amide bonds. The van der Waals surface area contributed by atoms with Crippen LogP contribution in [0.5, 0.6) is 0 Å². The molecule has 1 atom stereocenters. The molecule has 1 nitrogen and oxygen atoms in total. The summed E-state index contributed by atoms with van der Waals surface area (Å²) in [5.74, 6) is 0.185. The fraction of sp³-hybridized carbons (Fsp3) is 0.750. The Morgan fingerprint density at radius 1 is 0.793 bits per heavy atom. The quantitative estimate of drug-likeness (QED) is 0.289. The van der Waals surface area contributed by atoms with Gasteiger partial charge in [-0.2, -0.15) is 5.26 Å². The lowest BCUT2D eigenvalue weighted by molar-refractivity contribution is 0.110. The SMILES string of the molecule is CCCCCCCC1(C(C#N)Cc2ccc(CCCCCC)cc2)CCCCC1. The molecular formula is C28H45N. The summed E-state index contributed by atoms with van der Waals surface area (Å²) >= 11 is 0. The van der Waals surface area contributed by atoms with Crippen LogP contribution in [0.1, 0.15) is 121 Å². The number of unbranched alkanes of at least 4 members (excludes halogenated alkanes) is 7. The van der Waals surface area contributed by atoms with Crippen LogP contribution in [0.25, 0.3) is 0 Å². The number of rotatable bonds is 14. The number of nitrogens with zero attached hydrogens (tertiary/aromatic N) is 1. The molecule has 29 heavy (non-hydrogen) atoms. The second-order valence-corrected chi connectivity index (χ2v) is 9.60. The van der Waals surface area contributed by atoms with Crippen LogP contribution in [-0.4, -0.2) is 0 Å². The van der Waals surface area contributed by atoms with Crippen LogP contribution in [0.15, 0.2) is 24.3 Å². The molecule has 1 aliphatic carbocycles. The lowest BCUT2D eigenvalue weighted by Gasteiger charge is -2.41. The first-order valence-electron chi connectivity index (χ1n) is 12.7. The summed E-state index contributed by atoms with van der Waals surface area (Å²) in [6.07, 6.45) is 22.0. The van der Waals surface area contributed by atoms with Gasteiger partial charge in [0.05, 0.1) is 12.0 Å². The fourth-order valence-corrected chi connectivity index (χ4v) is 5.34. The first-order valence-corrected chi connectivity index (χ1v) is 12.7. The third-order valence-electron chi connectivity index (χ3n) is 7.30. The van der Waals surface area contributed by atoms with Gasteiger partial charge in [-0.3, -0.25) is 0 Å². The molecule has 1 saturated carbocycles. The second-order valence-electron chi connectivity index (χ2n) is 9.60. The van der Waals surface area contributed by atoms with Crippen molar-refractivity contribution < 1.29 is 0 Å². The summed E-state index contributed by atoms with van der Waals surface area (Å²) in [5.41, 5.74) is 3.10. The van der Waals surface area contributed by atoms with Gasteiger partial charge in [0, 0.05) is 0 Å². The molecule has 0 radical (unpaired) electrons. The third-order valence-corrected chi connectivity index (χ3v) is 7.30. The Labute approximate surface area is 181 Å². The molecule has 1 aromatic rings. The van der Waals surface area contributed by atoms with E-state index in [4.69, 9.17) is 0 Å². The molecule has 0 spiro atoms. The van der Waals surface area contributed by atoms with Gasteiger partial charge in [-0.05, 0) is 55.1 Å². The van der Waals surface area contributed by atoms with Crippen molar-refractivity contribution in [1.29, 1.82) is 5.26 Å². The average Bonchev–Trinajstić information content (AvgIpc) is 2.76. The highest BCUT2D eigenvalue weighted by Gasteiger charge is 2.39. The van der Waals surface area contributed by atoms with Crippen molar-refractivity contribution in [2.75, 3.05) is 0 Å². The number of benzene rings is 1. The van der Waals surface area contributed by atoms with Crippen LogP contribution in [0, 0.1) is 22.7 Å². The maximum Gasteiger partial charge on any atom is 0.0665 e. The van der Waals surface area contributed by atoms with Crippen molar-refractivity contribution in [2.45, 2.75) is 123 Å². The van der Waals surface area contributed by atoms with Gasteiger partial charge in [-0.25, -0.2) is 0 Å². The summed E-state index contributed by atoms with van der Waals surface area (Å²) in [6.45, 7) is 4.55. The molecule has 1 fully saturated rings. The molecule has 1 aliphatic rings. The van der Waals surface area contributed by atoms with Gasteiger partial charge in [0.25, 0.3) is 0 Å². The minimum atomic E-state index is 0.185. The Morgan fingerprint density at radius 3 is 2.00 bits per heavy atom. The van der Waals surface area contributed by atoms with E-state index in [2.05, 4.69) is 44.2 Å². The molecule has 1 unspecified atom stereocenters. The van der Waals surface area contributed by atoms with Gasteiger partial charge in [0.15, 0.2) is 0 Å². The van der Waals surface area contributed by atoms with Crippen LogP contribution >= 0.6 is 0 Å². The van der Waals surface area contributed by atoms with Crippen molar-refractivity contribution in [3.05, 3.63) is 35.4 Å².